The van der Waals surface area contributed by atoms with E-state index in [1.165, 1.54) is 6.92 Å². The summed E-state index contributed by atoms with van der Waals surface area (Å²) in [4.78, 5) is 24.4. The number of carbonyl (C=O) groups excluding carboxylic acids is 2. The summed E-state index contributed by atoms with van der Waals surface area (Å²) in [5, 5.41) is 0. The zero-order chi connectivity index (χ0) is 11.5. The summed E-state index contributed by atoms with van der Waals surface area (Å²) in [5.74, 6) is 1.21. The Balaban J connectivity index is 2.42. The van der Waals surface area contributed by atoms with Gasteiger partial charge in [0.1, 0.15) is 5.78 Å². The van der Waals surface area contributed by atoms with Crippen molar-refractivity contribution in [3.8, 4) is 0 Å². The molecule has 4 heteroatoms. The molecule has 0 spiro atoms. The number of ketones is 1. The van der Waals surface area contributed by atoms with Crippen LogP contribution in [-0.4, -0.2) is 40.2 Å². The Hall–Kier alpha value is -0.510. The number of nitrogens with zero attached hydrogens (tertiary/aromatic N) is 1. The van der Waals surface area contributed by atoms with Crippen molar-refractivity contribution in [2.24, 2.45) is 0 Å². The first kappa shape index (κ1) is 12.6. The van der Waals surface area contributed by atoms with Gasteiger partial charge in [0.2, 0.25) is 5.91 Å². The molecule has 0 radical (unpaired) electrons. The minimum Gasteiger partial charge on any atom is -0.340 e. The van der Waals surface area contributed by atoms with Crippen LogP contribution in [0.25, 0.3) is 0 Å². The van der Waals surface area contributed by atoms with Crippen LogP contribution in [0.2, 0.25) is 0 Å². The van der Waals surface area contributed by atoms with Gasteiger partial charge in [-0.15, -0.1) is 0 Å². The first-order valence-corrected chi connectivity index (χ1v) is 6.30. The summed E-state index contributed by atoms with van der Waals surface area (Å²) in [6.45, 7) is 7.46. The first-order chi connectivity index (χ1) is 6.91. The van der Waals surface area contributed by atoms with Gasteiger partial charge in [0.05, 0.1) is 0 Å². The smallest absolute Gasteiger partial charge is 0.223 e. The molecule has 86 valence electrons. The van der Waals surface area contributed by atoms with Gasteiger partial charge in [-0.3, -0.25) is 4.79 Å². The van der Waals surface area contributed by atoms with Crippen molar-refractivity contribution >= 4 is 23.5 Å². The summed E-state index contributed by atoms with van der Waals surface area (Å²) >= 11 is 1.91. The molecule has 0 atom stereocenters. The standard InChI is InChI=1S/C11H19NO2S/c1-9(13)4-5-10(14)12-6-7-15-11(2,3)8-12/h4-8H2,1-3H3. The molecule has 0 aromatic heterocycles. The molecule has 1 rings (SSSR count). The number of rotatable bonds is 3. The second-order valence-corrected chi connectivity index (χ2v) is 6.43. The van der Waals surface area contributed by atoms with Crippen molar-refractivity contribution < 1.29 is 9.59 Å². The SMILES string of the molecule is CC(=O)CCC(=O)N1CCSC(C)(C)C1. The second-order valence-electron chi connectivity index (χ2n) is 4.63. The quantitative estimate of drug-likeness (QED) is 0.739. The van der Waals surface area contributed by atoms with Gasteiger partial charge in [0.15, 0.2) is 0 Å². The molecule has 0 bridgehead atoms. The molecule has 1 heterocycles. The third-order valence-corrected chi connectivity index (χ3v) is 3.77. The van der Waals surface area contributed by atoms with Crippen molar-refractivity contribution in [1.82, 2.24) is 4.90 Å². The normalized spacial score (nSPS) is 20.1. The highest BCUT2D eigenvalue weighted by Crippen LogP contribution is 2.29. The van der Waals surface area contributed by atoms with Crippen LogP contribution in [0.4, 0.5) is 0 Å². The van der Waals surface area contributed by atoms with Crippen molar-refractivity contribution in [1.29, 1.82) is 0 Å². The van der Waals surface area contributed by atoms with Crippen LogP contribution in [-0.2, 0) is 9.59 Å². The van der Waals surface area contributed by atoms with E-state index in [9.17, 15) is 9.59 Å². The van der Waals surface area contributed by atoms with Gasteiger partial charge >= 0.3 is 0 Å². The van der Waals surface area contributed by atoms with Crippen molar-refractivity contribution in [2.75, 3.05) is 18.8 Å². The van der Waals surface area contributed by atoms with Crippen molar-refractivity contribution in [3.05, 3.63) is 0 Å². The number of amides is 1. The second kappa shape index (κ2) is 5.01. The Morgan fingerprint density at radius 3 is 2.53 bits per heavy atom. The average molecular weight is 229 g/mol. The highest BCUT2D eigenvalue weighted by molar-refractivity contribution is 8.00. The van der Waals surface area contributed by atoms with E-state index in [4.69, 9.17) is 0 Å². The molecule has 15 heavy (non-hydrogen) atoms. The lowest BCUT2D eigenvalue weighted by molar-refractivity contribution is -0.133. The largest absolute Gasteiger partial charge is 0.340 e. The number of thioether (sulfide) groups is 1. The van der Waals surface area contributed by atoms with E-state index in [0.717, 1.165) is 18.8 Å². The molecule has 0 N–H and O–H groups in total. The molecule has 0 unspecified atom stereocenters. The summed E-state index contributed by atoms with van der Waals surface area (Å²) in [7, 11) is 0. The van der Waals surface area contributed by atoms with Gasteiger partial charge in [-0.2, -0.15) is 11.8 Å². The van der Waals surface area contributed by atoms with E-state index >= 15 is 0 Å². The number of hydrogen-bond donors (Lipinski definition) is 0. The first-order valence-electron chi connectivity index (χ1n) is 5.32. The minimum absolute atomic E-state index is 0.0917. The van der Waals surface area contributed by atoms with E-state index in [0.29, 0.717) is 12.8 Å². The molecular weight excluding hydrogens is 210 g/mol. The molecule has 1 aliphatic rings. The molecule has 3 nitrogen and oxygen atoms in total. The lowest BCUT2D eigenvalue weighted by atomic mass is 10.1. The Kier molecular flexibility index (Phi) is 4.20. The van der Waals surface area contributed by atoms with Gasteiger partial charge < -0.3 is 9.69 Å². The van der Waals surface area contributed by atoms with E-state index in [-0.39, 0.29) is 16.4 Å². The molecule has 0 aliphatic carbocycles. The summed E-state index contributed by atoms with van der Waals surface area (Å²) in [6.07, 6.45) is 0.749. The molecule has 0 saturated carbocycles. The van der Waals surface area contributed by atoms with E-state index < -0.39 is 0 Å². The molecular formula is C11H19NO2S. The van der Waals surface area contributed by atoms with Crippen LogP contribution in [0, 0.1) is 0 Å². The predicted octanol–water partition coefficient (Wildman–Crippen LogP) is 1.71. The van der Waals surface area contributed by atoms with E-state index in [2.05, 4.69) is 13.8 Å². The molecule has 0 aromatic carbocycles. The maximum Gasteiger partial charge on any atom is 0.223 e. The Labute approximate surface area is 95.6 Å². The number of carbonyl (C=O) groups is 2. The zero-order valence-corrected chi connectivity index (χ0v) is 10.5. The Morgan fingerprint density at radius 1 is 1.33 bits per heavy atom. The molecule has 0 aromatic rings. The summed E-state index contributed by atoms with van der Waals surface area (Å²) in [6, 6.07) is 0. The molecule has 1 amide bonds. The highest BCUT2D eigenvalue weighted by Gasteiger charge is 2.29. The Bertz CT molecular complexity index is 263. The topological polar surface area (TPSA) is 37.4 Å². The van der Waals surface area contributed by atoms with Gasteiger partial charge in [-0.05, 0) is 20.8 Å². The zero-order valence-electron chi connectivity index (χ0n) is 9.71. The Morgan fingerprint density at radius 2 is 2.00 bits per heavy atom. The lowest BCUT2D eigenvalue weighted by Gasteiger charge is -2.37. The lowest BCUT2D eigenvalue weighted by Crippen LogP contribution is -2.46. The van der Waals surface area contributed by atoms with Gasteiger partial charge in [-0.25, -0.2) is 0 Å². The van der Waals surface area contributed by atoms with Gasteiger partial charge in [0.25, 0.3) is 0 Å². The molecule has 1 saturated heterocycles. The minimum atomic E-state index is 0.0917. The predicted molar refractivity (Wildman–Crippen MR) is 63.0 cm³/mol. The van der Waals surface area contributed by atoms with Crippen LogP contribution in [0.15, 0.2) is 0 Å². The number of Topliss-reactive ketones (excluding diaryl/α,β-unsaturated/α-hetero) is 1. The van der Waals surface area contributed by atoms with E-state index in [1.54, 1.807) is 0 Å². The summed E-state index contributed by atoms with van der Waals surface area (Å²) in [5.41, 5.74) is 0. The van der Waals surface area contributed by atoms with E-state index in [1.807, 2.05) is 16.7 Å². The molecule has 1 fully saturated rings. The van der Waals surface area contributed by atoms with Crippen LogP contribution < -0.4 is 0 Å². The monoisotopic (exact) mass is 229 g/mol. The van der Waals surface area contributed by atoms with Crippen molar-refractivity contribution in [3.63, 3.8) is 0 Å². The van der Waals surface area contributed by atoms with Gasteiger partial charge in [0, 0.05) is 36.4 Å². The third kappa shape index (κ3) is 4.24. The van der Waals surface area contributed by atoms with Crippen LogP contribution >= 0.6 is 11.8 Å². The van der Waals surface area contributed by atoms with Crippen LogP contribution in [0.1, 0.15) is 33.6 Å². The maximum absolute atomic E-state index is 11.8. The highest BCUT2D eigenvalue weighted by atomic mass is 32.2. The third-order valence-electron chi connectivity index (χ3n) is 2.47. The van der Waals surface area contributed by atoms with Crippen LogP contribution in [0.3, 0.4) is 0 Å². The number of hydrogen-bond acceptors (Lipinski definition) is 3. The summed E-state index contributed by atoms with van der Waals surface area (Å²) < 4.78 is 0.157. The molecule has 1 aliphatic heterocycles. The fraction of sp³-hybridized carbons (Fsp3) is 0.818. The maximum atomic E-state index is 11.8. The van der Waals surface area contributed by atoms with Crippen LogP contribution in [0.5, 0.6) is 0 Å². The fourth-order valence-electron chi connectivity index (χ4n) is 1.67. The average Bonchev–Trinajstić information content (AvgIpc) is 2.12. The van der Waals surface area contributed by atoms with Crippen molar-refractivity contribution in [2.45, 2.75) is 38.4 Å². The van der Waals surface area contributed by atoms with Gasteiger partial charge in [-0.1, -0.05) is 0 Å². The fourth-order valence-corrected chi connectivity index (χ4v) is 2.78.